The molecule has 0 radical (unpaired) electrons. The minimum Gasteiger partial charge on any atom is -0.378 e. The number of amides is 2. The highest BCUT2D eigenvalue weighted by molar-refractivity contribution is 7.13. The van der Waals surface area contributed by atoms with Gasteiger partial charge in [0.25, 0.3) is 5.91 Å². The van der Waals surface area contributed by atoms with Gasteiger partial charge < -0.3 is 25.2 Å². The molecule has 9 heteroatoms. The van der Waals surface area contributed by atoms with Gasteiger partial charge in [0, 0.05) is 53.8 Å². The number of nitrogens with zero attached hydrogens (tertiary/aromatic N) is 3. The summed E-state index contributed by atoms with van der Waals surface area (Å²) in [4.78, 5) is 33.5. The zero-order chi connectivity index (χ0) is 22.8. The maximum Gasteiger partial charge on any atom is 0.255 e. The van der Waals surface area contributed by atoms with E-state index in [4.69, 9.17) is 4.74 Å². The Kier molecular flexibility index (Phi) is 5.97. The van der Waals surface area contributed by atoms with Crippen LogP contribution in [0.15, 0.2) is 54.0 Å². The smallest absolute Gasteiger partial charge is 0.255 e. The maximum absolute atomic E-state index is 12.9. The number of hydrogen-bond acceptors (Lipinski definition) is 7. The molecule has 1 saturated heterocycles. The van der Waals surface area contributed by atoms with Gasteiger partial charge in [-0.2, -0.15) is 0 Å². The van der Waals surface area contributed by atoms with Crippen LogP contribution in [-0.2, 0) is 16.1 Å². The van der Waals surface area contributed by atoms with E-state index < -0.39 is 6.04 Å². The largest absolute Gasteiger partial charge is 0.378 e. The second-order valence-electron chi connectivity index (χ2n) is 8.08. The molecule has 1 aromatic heterocycles. The second kappa shape index (κ2) is 9.21. The first-order valence-electron chi connectivity index (χ1n) is 10.9. The molecule has 5 rings (SSSR count). The lowest BCUT2D eigenvalue weighted by atomic mass is 10.1. The van der Waals surface area contributed by atoms with Crippen molar-refractivity contribution in [3.8, 4) is 0 Å². The molecule has 170 valence electrons. The number of fused-ring (bicyclic) bond motifs is 1. The van der Waals surface area contributed by atoms with Gasteiger partial charge in [-0.05, 0) is 55.0 Å². The van der Waals surface area contributed by atoms with Crippen molar-refractivity contribution in [3.63, 3.8) is 0 Å². The Bertz CT molecular complexity index is 1140. The summed E-state index contributed by atoms with van der Waals surface area (Å²) < 4.78 is 5.42. The van der Waals surface area contributed by atoms with Crippen molar-refractivity contribution in [2.24, 2.45) is 0 Å². The quantitative estimate of drug-likeness (QED) is 0.580. The van der Waals surface area contributed by atoms with Gasteiger partial charge in [-0.25, -0.2) is 4.98 Å². The molecule has 3 heterocycles. The number of thiazole rings is 1. The summed E-state index contributed by atoms with van der Waals surface area (Å²) in [5.74, 6) is -0.377. The van der Waals surface area contributed by atoms with Crippen LogP contribution in [0.5, 0.6) is 0 Å². The predicted molar refractivity (Wildman–Crippen MR) is 129 cm³/mol. The van der Waals surface area contributed by atoms with Crippen LogP contribution in [0.25, 0.3) is 0 Å². The Morgan fingerprint density at radius 1 is 1.12 bits per heavy atom. The first-order valence-corrected chi connectivity index (χ1v) is 11.8. The lowest BCUT2D eigenvalue weighted by Gasteiger charge is -2.28. The molecule has 33 heavy (non-hydrogen) atoms. The Balaban J connectivity index is 1.24. The van der Waals surface area contributed by atoms with Gasteiger partial charge in [0.2, 0.25) is 5.91 Å². The minimum atomic E-state index is -0.599. The molecule has 0 aliphatic carbocycles. The number of anilines is 4. The van der Waals surface area contributed by atoms with Crippen LogP contribution in [0.2, 0.25) is 0 Å². The van der Waals surface area contributed by atoms with Crippen molar-refractivity contribution in [2.75, 3.05) is 41.8 Å². The topological polar surface area (TPSA) is 86.8 Å². The van der Waals surface area contributed by atoms with Crippen molar-refractivity contribution in [2.45, 2.75) is 19.5 Å². The zero-order valence-electron chi connectivity index (χ0n) is 18.3. The maximum atomic E-state index is 12.9. The Morgan fingerprint density at radius 3 is 2.61 bits per heavy atom. The lowest BCUT2D eigenvalue weighted by Crippen LogP contribution is -2.42. The third-order valence-corrected chi connectivity index (χ3v) is 6.67. The number of nitrogens with one attached hydrogen (secondary N) is 2. The summed E-state index contributed by atoms with van der Waals surface area (Å²) >= 11 is 1.35. The van der Waals surface area contributed by atoms with Crippen molar-refractivity contribution in [3.05, 3.63) is 65.2 Å². The molecule has 3 aromatic rings. The minimum absolute atomic E-state index is 0.131. The van der Waals surface area contributed by atoms with E-state index in [0.717, 1.165) is 43.2 Å². The monoisotopic (exact) mass is 463 g/mol. The van der Waals surface area contributed by atoms with Crippen LogP contribution < -0.4 is 15.5 Å². The fourth-order valence-electron chi connectivity index (χ4n) is 4.11. The lowest BCUT2D eigenvalue weighted by molar-refractivity contribution is -0.120. The summed E-state index contributed by atoms with van der Waals surface area (Å²) in [6.45, 7) is 5.46. The number of carbonyl (C=O) groups is 2. The number of ether oxygens (including phenoxy) is 1. The standard InChI is InChI=1S/C24H25N5O3S/c1-16(22(30)27-24-25-8-13-33-24)29-15-17-14-19(4-7-21(17)23(29)31)26-18-2-5-20(6-3-18)28-9-11-32-12-10-28/h2-8,13-14,16,26H,9-12,15H2,1H3,(H,25,27,30)/t16-/m1/s1. The highest BCUT2D eigenvalue weighted by Crippen LogP contribution is 2.29. The number of rotatable bonds is 6. The molecule has 1 atom stereocenters. The van der Waals surface area contributed by atoms with E-state index in [0.29, 0.717) is 17.2 Å². The molecule has 2 aliphatic rings. The second-order valence-corrected chi connectivity index (χ2v) is 8.97. The van der Waals surface area contributed by atoms with Gasteiger partial charge in [0.1, 0.15) is 6.04 Å². The molecule has 1 fully saturated rings. The molecule has 0 spiro atoms. The highest BCUT2D eigenvalue weighted by atomic mass is 32.1. The van der Waals surface area contributed by atoms with Crippen molar-refractivity contribution in [1.82, 2.24) is 9.88 Å². The van der Waals surface area contributed by atoms with Gasteiger partial charge >= 0.3 is 0 Å². The summed E-state index contributed by atoms with van der Waals surface area (Å²) in [7, 11) is 0. The Hall–Kier alpha value is -3.43. The van der Waals surface area contributed by atoms with E-state index in [1.807, 2.05) is 18.2 Å². The molecule has 2 N–H and O–H groups in total. The highest BCUT2D eigenvalue weighted by Gasteiger charge is 2.34. The molecule has 0 saturated carbocycles. The van der Waals surface area contributed by atoms with Crippen LogP contribution in [0, 0.1) is 0 Å². The zero-order valence-corrected chi connectivity index (χ0v) is 19.1. The molecular formula is C24H25N5O3S. The van der Waals surface area contributed by atoms with E-state index in [9.17, 15) is 9.59 Å². The molecule has 0 unspecified atom stereocenters. The van der Waals surface area contributed by atoms with Crippen molar-refractivity contribution in [1.29, 1.82) is 0 Å². The van der Waals surface area contributed by atoms with Crippen molar-refractivity contribution < 1.29 is 14.3 Å². The molecule has 0 bridgehead atoms. The van der Waals surface area contributed by atoms with Crippen LogP contribution in [0.4, 0.5) is 22.2 Å². The van der Waals surface area contributed by atoms with E-state index in [-0.39, 0.29) is 11.8 Å². The third-order valence-electron chi connectivity index (χ3n) is 5.98. The fraction of sp³-hybridized carbons (Fsp3) is 0.292. The van der Waals surface area contributed by atoms with Crippen LogP contribution in [0.3, 0.4) is 0 Å². The molecular weight excluding hydrogens is 438 g/mol. The van der Waals surface area contributed by atoms with Gasteiger partial charge in [-0.15, -0.1) is 11.3 Å². The van der Waals surface area contributed by atoms with Crippen LogP contribution >= 0.6 is 11.3 Å². The third kappa shape index (κ3) is 4.55. The number of morpholine rings is 1. The fourth-order valence-corrected chi connectivity index (χ4v) is 4.65. The van der Waals surface area contributed by atoms with E-state index in [1.165, 1.54) is 17.0 Å². The number of carbonyl (C=O) groups excluding carboxylic acids is 2. The molecule has 2 aromatic carbocycles. The van der Waals surface area contributed by atoms with Gasteiger partial charge in [-0.3, -0.25) is 9.59 Å². The van der Waals surface area contributed by atoms with Gasteiger partial charge in [0.15, 0.2) is 5.13 Å². The normalized spacial score (nSPS) is 16.5. The van der Waals surface area contributed by atoms with Gasteiger partial charge in [-0.1, -0.05) is 0 Å². The number of benzene rings is 2. The van der Waals surface area contributed by atoms with E-state index >= 15 is 0 Å². The average molecular weight is 464 g/mol. The summed E-state index contributed by atoms with van der Waals surface area (Å²) in [5.41, 5.74) is 4.61. The summed E-state index contributed by atoms with van der Waals surface area (Å²) in [6.07, 6.45) is 1.63. The predicted octanol–water partition coefficient (Wildman–Crippen LogP) is 3.71. The Morgan fingerprint density at radius 2 is 1.88 bits per heavy atom. The van der Waals surface area contributed by atoms with E-state index in [2.05, 4.69) is 44.8 Å². The molecule has 8 nitrogen and oxygen atoms in total. The average Bonchev–Trinajstić information content (AvgIpc) is 3.47. The van der Waals surface area contributed by atoms with Gasteiger partial charge in [0.05, 0.1) is 13.2 Å². The first-order chi connectivity index (χ1) is 16.1. The van der Waals surface area contributed by atoms with Crippen molar-refractivity contribution >= 4 is 45.3 Å². The van der Waals surface area contributed by atoms with Crippen LogP contribution in [-0.4, -0.2) is 54.0 Å². The Labute approximate surface area is 196 Å². The van der Waals surface area contributed by atoms with Crippen LogP contribution in [0.1, 0.15) is 22.8 Å². The summed E-state index contributed by atoms with van der Waals surface area (Å²) in [6, 6.07) is 13.4. The molecule has 2 aliphatic heterocycles. The first kappa shape index (κ1) is 21.4. The molecule has 2 amide bonds. The van der Waals surface area contributed by atoms with E-state index in [1.54, 1.807) is 23.4 Å². The SMILES string of the molecule is C[C@H](C(=O)Nc1nccs1)N1Cc2cc(Nc3ccc(N4CCOCC4)cc3)ccc2C1=O. The number of aromatic nitrogens is 1. The summed E-state index contributed by atoms with van der Waals surface area (Å²) in [5, 5.41) is 8.51. The number of hydrogen-bond donors (Lipinski definition) is 2.